The summed E-state index contributed by atoms with van der Waals surface area (Å²) < 4.78 is 5.35. The summed E-state index contributed by atoms with van der Waals surface area (Å²) in [6.07, 6.45) is -0.658. The smallest absolute Gasteiger partial charge is 0.410 e. The summed E-state index contributed by atoms with van der Waals surface area (Å²) in [5.41, 5.74) is 0.0728. The van der Waals surface area contributed by atoms with Crippen LogP contribution in [-0.4, -0.2) is 55.1 Å². The maximum Gasteiger partial charge on any atom is 0.410 e. The molecule has 1 atom stereocenters. The third-order valence-electron chi connectivity index (χ3n) is 3.61. The largest absolute Gasteiger partial charge is 0.481 e. The molecule has 0 saturated carbocycles. The Morgan fingerprint density at radius 1 is 1.11 bits per heavy atom. The van der Waals surface area contributed by atoms with Gasteiger partial charge in [-0.3, -0.25) is 4.79 Å². The van der Waals surface area contributed by atoms with Crippen molar-refractivity contribution in [3.05, 3.63) is 36.2 Å². The van der Waals surface area contributed by atoms with E-state index < -0.39 is 23.7 Å². The molecular weight excluding hydrogens is 350 g/mol. The molecule has 0 bridgehead atoms. The van der Waals surface area contributed by atoms with Crippen LogP contribution < -0.4 is 0 Å². The van der Waals surface area contributed by atoms with Crippen LogP contribution in [0.4, 0.5) is 4.79 Å². The number of amides is 1. The number of hydrogen-bond donors (Lipinski definition) is 1. The molecule has 0 fully saturated rings. The highest BCUT2D eigenvalue weighted by Gasteiger charge is 2.29. The summed E-state index contributed by atoms with van der Waals surface area (Å²) in [6, 6.07) is 8.49. The molecule has 1 heterocycles. The van der Waals surface area contributed by atoms with Gasteiger partial charge in [0, 0.05) is 19.0 Å². The minimum atomic E-state index is -0.987. The van der Waals surface area contributed by atoms with Gasteiger partial charge in [0.1, 0.15) is 5.60 Å². The second-order valence-corrected chi connectivity index (χ2v) is 6.99. The zero-order valence-corrected chi connectivity index (χ0v) is 15.8. The van der Waals surface area contributed by atoms with Gasteiger partial charge >= 0.3 is 12.1 Å². The molecular formula is C18H23N5O4. The third kappa shape index (κ3) is 5.98. The molecule has 1 aromatic carbocycles. The SMILES string of the molecule is CN(C(=O)OC(C)(C)C)C(CCC(=O)O)c1nnc(-c2ccccc2)nn1. The molecule has 1 N–H and O–H groups in total. The quantitative estimate of drug-likeness (QED) is 0.821. The van der Waals surface area contributed by atoms with Crippen molar-refractivity contribution < 1.29 is 19.4 Å². The van der Waals surface area contributed by atoms with Gasteiger partial charge < -0.3 is 14.7 Å². The van der Waals surface area contributed by atoms with Crippen LogP contribution >= 0.6 is 0 Å². The molecule has 0 aliphatic heterocycles. The summed E-state index contributed by atoms with van der Waals surface area (Å²) in [7, 11) is 1.51. The fourth-order valence-electron chi connectivity index (χ4n) is 2.29. The highest BCUT2D eigenvalue weighted by molar-refractivity contribution is 5.69. The molecule has 0 radical (unpaired) electrons. The highest BCUT2D eigenvalue weighted by atomic mass is 16.6. The van der Waals surface area contributed by atoms with Crippen molar-refractivity contribution in [2.45, 2.75) is 45.3 Å². The van der Waals surface area contributed by atoms with Gasteiger partial charge in [0.2, 0.25) is 5.82 Å². The Morgan fingerprint density at radius 2 is 1.70 bits per heavy atom. The summed E-state index contributed by atoms with van der Waals surface area (Å²) >= 11 is 0. The molecule has 1 aromatic heterocycles. The highest BCUT2D eigenvalue weighted by Crippen LogP contribution is 2.24. The van der Waals surface area contributed by atoms with Crippen molar-refractivity contribution in [1.82, 2.24) is 25.3 Å². The number of ether oxygens (including phenoxy) is 1. The van der Waals surface area contributed by atoms with Crippen molar-refractivity contribution >= 4 is 12.1 Å². The summed E-state index contributed by atoms with van der Waals surface area (Å²) in [4.78, 5) is 24.6. The molecule has 0 aliphatic carbocycles. The van der Waals surface area contributed by atoms with Crippen LogP contribution in [0.2, 0.25) is 0 Å². The lowest BCUT2D eigenvalue weighted by molar-refractivity contribution is -0.137. The first-order valence-corrected chi connectivity index (χ1v) is 8.47. The van der Waals surface area contributed by atoms with Crippen LogP contribution in [0, 0.1) is 0 Å². The molecule has 1 amide bonds. The first-order valence-electron chi connectivity index (χ1n) is 8.47. The molecule has 0 aliphatic rings. The monoisotopic (exact) mass is 373 g/mol. The van der Waals surface area contributed by atoms with Crippen molar-refractivity contribution in [1.29, 1.82) is 0 Å². The lowest BCUT2D eigenvalue weighted by Gasteiger charge is -2.29. The fraction of sp³-hybridized carbons (Fsp3) is 0.444. The third-order valence-corrected chi connectivity index (χ3v) is 3.61. The molecule has 2 rings (SSSR count). The zero-order chi connectivity index (χ0) is 20.0. The number of aliphatic carboxylic acids is 1. The number of carboxylic acid groups (broad SMARTS) is 1. The second-order valence-electron chi connectivity index (χ2n) is 6.99. The Kier molecular flexibility index (Phi) is 6.38. The van der Waals surface area contributed by atoms with E-state index in [1.54, 1.807) is 20.8 Å². The Balaban J connectivity index is 2.25. The van der Waals surface area contributed by atoms with E-state index in [9.17, 15) is 9.59 Å². The minimum absolute atomic E-state index is 0.110. The van der Waals surface area contributed by atoms with Crippen molar-refractivity contribution in [2.75, 3.05) is 7.05 Å². The predicted molar refractivity (Wildman–Crippen MR) is 96.7 cm³/mol. The zero-order valence-electron chi connectivity index (χ0n) is 15.8. The molecule has 0 spiro atoms. The van der Waals surface area contributed by atoms with Gasteiger partial charge in [0.25, 0.3) is 0 Å². The van der Waals surface area contributed by atoms with Gasteiger partial charge in [-0.15, -0.1) is 20.4 Å². The maximum absolute atomic E-state index is 12.4. The number of carbonyl (C=O) groups is 2. The molecule has 9 nitrogen and oxygen atoms in total. The molecule has 27 heavy (non-hydrogen) atoms. The lowest BCUT2D eigenvalue weighted by atomic mass is 10.1. The Bertz CT molecular complexity index is 775. The van der Waals surface area contributed by atoms with E-state index in [1.807, 2.05) is 30.3 Å². The molecule has 144 valence electrons. The Hall–Kier alpha value is -3.10. The van der Waals surface area contributed by atoms with Crippen LogP contribution in [0.25, 0.3) is 11.4 Å². The van der Waals surface area contributed by atoms with Crippen LogP contribution in [0.5, 0.6) is 0 Å². The molecule has 2 aromatic rings. The van der Waals surface area contributed by atoms with Crippen molar-refractivity contribution in [3.63, 3.8) is 0 Å². The fourth-order valence-corrected chi connectivity index (χ4v) is 2.29. The topological polar surface area (TPSA) is 118 Å². The average molecular weight is 373 g/mol. The van der Waals surface area contributed by atoms with Crippen LogP contribution in [-0.2, 0) is 9.53 Å². The van der Waals surface area contributed by atoms with Crippen molar-refractivity contribution in [3.8, 4) is 11.4 Å². The maximum atomic E-state index is 12.4. The van der Waals surface area contributed by atoms with E-state index in [0.717, 1.165) is 5.56 Å². The van der Waals surface area contributed by atoms with Gasteiger partial charge in [-0.1, -0.05) is 30.3 Å². The number of nitrogens with zero attached hydrogens (tertiary/aromatic N) is 5. The predicted octanol–water partition coefficient (Wildman–Crippen LogP) is 2.71. The first kappa shape index (κ1) is 20.2. The van der Waals surface area contributed by atoms with Gasteiger partial charge in [-0.25, -0.2) is 4.79 Å². The normalized spacial score (nSPS) is 12.3. The Morgan fingerprint density at radius 3 is 2.22 bits per heavy atom. The van der Waals surface area contributed by atoms with E-state index >= 15 is 0 Å². The number of carbonyl (C=O) groups excluding carboxylic acids is 1. The Labute approximate surface area is 157 Å². The minimum Gasteiger partial charge on any atom is -0.481 e. The second kappa shape index (κ2) is 8.52. The van der Waals surface area contributed by atoms with E-state index in [2.05, 4.69) is 20.4 Å². The number of rotatable bonds is 6. The number of carboxylic acids is 1. The van der Waals surface area contributed by atoms with E-state index in [1.165, 1.54) is 11.9 Å². The molecule has 1 unspecified atom stereocenters. The van der Waals surface area contributed by atoms with Gasteiger partial charge in [-0.05, 0) is 27.2 Å². The van der Waals surface area contributed by atoms with Gasteiger partial charge in [0.15, 0.2) is 5.82 Å². The van der Waals surface area contributed by atoms with Crippen LogP contribution in [0.3, 0.4) is 0 Å². The van der Waals surface area contributed by atoms with Gasteiger partial charge in [0.05, 0.1) is 6.04 Å². The van der Waals surface area contributed by atoms with E-state index in [0.29, 0.717) is 5.82 Å². The standard InChI is InChI=1S/C18H23N5O4/c1-18(2,3)27-17(26)23(4)13(10-11-14(24)25)16-21-19-15(20-22-16)12-8-6-5-7-9-12/h5-9,13H,10-11H2,1-4H3,(H,24,25). The molecule has 9 heteroatoms. The van der Waals surface area contributed by atoms with Crippen LogP contribution in [0.15, 0.2) is 30.3 Å². The summed E-state index contributed by atoms with van der Waals surface area (Å²) in [5.74, 6) is -0.486. The number of aromatic nitrogens is 4. The van der Waals surface area contributed by atoms with Crippen LogP contribution in [0.1, 0.15) is 45.5 Å². The summed E-state index contributed by atoms with van der Waals surface area (Å²) in [6.45, 7) is 5.25. The first-order chi connectivity index (χ1) is 12.7. The summed E-state index contributed by atoms with van der Waals surface area (Å²) in [5, 5.41) is 25.3. The lowest BCUT2D eigenvalue weighted by Crippen LogP contribution is -2.37. The number of benzene rings is 1. The van der Waals surface area contributed by atoms with Crippen molar-refractivity contribution in [2.24, 2.45) is 0 Å². The molecule has 0 saturated heterocycles. The van der Waals surface area contributed by atoms with Gasteiger partial charge in [-0.2, -0.15) is 0 Å². The van der Waals surface area contributed by atoms with E-state index in [4.69, 9.17) is 9.84 Å². The number of hydrogen-bond acceptors (Lipinski definition) is 7. The van der Waals surface area contributed by atoms with E-state index in [-0.39, 0.29) is 18.7 Å². The average Bonchev–Trinajstić information content (AvgIpc) is 2.61.